The van der Waals surface area contributed by atoms with E-state index in [-0.39, 0.29) is 0 Å². The van der Waals surface area contributed by atoms with Crippen LogP contribution in [0, 0.1) is 0 Å². The summed E-state index contributed by atoms with van der Waals surface area (Å²) in [6.45, 7) is 6.43. The van der Waals surface area contributed by atoms with Crippen LogP contribution in [0.25, 0.3) is 0 Å². The van der Waals surface area contributed by atoms with Gasteiger partial charge >= 0.3 is 0 Å². The Morgan fingerprint density at radius 2 is 1.60 bits per heavy atom. The zero-order valence-corrected chi connectivity index (χ0v) is 9.17. The van der Waals surface area contributed by atoms with E-state index in [9.17, 15) is 0 Å². The molecule has 0 rings (SSSR count). The Morgan fingerprint density at radius 3 is 1.70 bits per heavy atom. The van der Waals surface area contributed by atoms with Crippen LogP contribution in [-0.4, -0.2) is 44.7 Å². The molecule has 0 bridgehead atoms. The molecule has 0 aromatic carbocycles. The van der Waals surface area contributed by atoms with Gasteiger partial charge in [0, 0.05) is 0 Å². The minimum absolute atomic E-state index is 1.06. The number of nitrogens with zero attached hydrogens (tertiary/aromatic N) is 2. The Labute approximate surface area is 70.2 Å². The summed E-state index contributed by atoms with van der Waals surface area (Å²) < 4.78 is 4.45. The molecule has 0 aromatic heterocycles. The zero-order chi connectivity index (χ0) is 8.15. The van der Waals surface area contributed by atoms with Crippen LogP contribution >= 0.6 is 11.1 Å². The van der Waals surface area contributed by atoms with Gasteiger partial charge in [0.25, 0.3) is 8.43 Å². The number of rotatable bonds is 4. The van der Waals surface area contributed by atoms with Gasteiger partial charge in [0.2, 0.25) is 0 Å². The summed E-state index contributed by atoms with van der Waals surface area (Å²) in [6.07, 6.45) is 0. The lowest BCUT2D eigenvalue weighted by atomic mass is 10.7. The van der Waals surface area contributed by atoms with Crippen LogP contribution in [-0.2, 0) is 0 Å². The van der Waals surface area contributed by atoms with E-state index in [1.54, 1.807) is 0 Å². The molecule has 0 aliphatic carbocycles. The Hall–Kier alpha value is 0.427. The molecule has 0 spiro atoms. The summed E-state index contributed by atoms with van der Waals surface area (Å²) in [5.41, 5.74) is 0. The fourth-order valence-electron chi connectivity index (χ4n) is 0.852. The third-order valence-electron chi connectivity index (χ3n) is 1.54. The van der Waals surface area contributed by atoms with Crippen molar-refractivity contribution in [3.05, 3.63) is 0 Å². The molecule has 4 heteroatoms. The molecular weight excluding hydrogens is 164 g/mol. The fraction of sp³-hybridized carbons (Fsp3) is 1.00. The molecular formula is C6H17ClN2Si. The van der Waals surface area contributed by atoms with Gasteiger partial charge in [-0.1, -0.05) is 13.8 Å². The van der Waals surface area contributed by atoms with Crippen molar-refractivity contribution in [2.24, 2.45) is 0 Å². The minimum atomic E-state index is -1.25. The molecule has 1 unspecified atom stereocenters. The fourth-order valence-corrected chi connectivity index (χ4v) is 2.94. The molecule has 10 heavy (non-hydrogen) atoms. The second kappa shape index (κ2) is 5.13. The highest BCUT2D eigenvalue weighted by molar-refractivity contribution is 7.03. The molecule has 0 radical (unpaired) electrons. The zero-order valence-electron chi connectivity index (χ0n) is 7.26. The second-order valence-electron chi connectivity index (χ2n) is 2.50. The maximum absolute atomic E-state index is 6.17. The number of halogens is 1. The van der Waals surface area contributed by atoms with E-state index in [0.717, 1.165) is 13.1 Å². The van der Waals surface area contributed by atoms with Crippen LogP contribution in [0.15, 0.2) is 0 Å². The molecule has 0 aliphatic rings. The standard InChI is InChI=1S/C6H17ClN2Si/c1-5-9(6-2)10(7)8(3)4/h10H,5-6H2,1-4H3. The van der Waals surface area contributed by atoms with Crippen LogP contribution in [0.5, 0.6) is 0 Å². The monoisotopic (exact) mass is 180 g/mol. The molecule has 0 aromatic rings. The molecule has 62 valence electrons. The molecule has 0 aliphatic heterocycles. The lowest BCUT2D eigenvalue weighted by Gasteiger charge is -2.27. The first-order chi connectivity index (χ1) is 4.63. The van der Waals surface area contributed by atoms with Crippen molar-refractivity contribution >= 4 is 19.5 Å². The Balaban J connectivity index is 3.76. The maximum atomic E-state index is 6.17. The van der Waals surface area contributed by atoms with Crippen molar-refractivity contribution in [1.82, 2.24) is 9.13 Å². The Bertz CT molecular complexity index is 85.8. The highest BCUT2D eigenvalue weighted by atomic mass is 35.6. The highest BCUT2D eigenvalue weighted by Crippen LogP contribution is 2.00. The quantitative estimate of drug-likeness (QED) is 0.468. The van der Waals surface area contributed by atoms with E-state index in [0.29, 0.717) is 0 Å². The van der Waals surface area contributed by atoms with Gasteiger partial charge in [0.15, 0.2) is 0 Å². The van der Waals surface area contributed by atoms with Gasteiger partial charge in [-0.3, -0.25) is 0 Å². The predicted molar refractivity (Wildman–Crippen MR) is 49.6 cm³/mol. The predicted octanol–water partition coefficient (Wildman–Crippen LogP) is 0.846. The molecule has 1 atom stereocenters. The molecule has 0 saturated carbocycles. The van der Waals surface area contributed by atoms with Crippen molar-refractivity contribution in [3.63, 3.8) is 0 Å². The van der Waals surface area contributed by atoms with Gasteiger partial charge in [-0.15, -0.1) is 11.1 Å². The van der Waals surface area contributed by atoms with E-state index in [1.807, 2.05) is 14.1 Å². The average Bonchev–Trinajstić information content (AvgIpc) is 1.90. The van der Waals surface area contributed by atoms with Crippen LogP contribution < -0.4 is 0 Å². The van der Waals surface area contributed by atoms with E-state index in [2.05, 4.69) is 23.0 Å². The Kier molecular flexibility index (Phi) is 5.35. The molecule has 2 nitrogen and oxygen atoms in total. The summed E-state index contributed by atoms with van der Waals surface area (Å²) in [4.78, 5) is 0. The summed E-state index contributed by atoms with van der Waals surface area (Å²) in [7, 11) is 2.84. The number of hydrogen-bond donors (Lipinski definition) is 0. The summed E-state index contributed by atoms with van der Waals surface area (Å²) in [5.74, 6) is 0. The van der Waals surface area contributed by atoms with Gasteiger partial charge in [0.1, 0.15) is 0 Å². The van der Waals surface area contributed by atoms with E-state index in [4.69, 9.17) is 11.1 Å². The van der Waals surface area contributed by atoms with Crippen molar-refractivity contribution in [2.75, 3.05) is 27.2 Å². The Morgan fingerprint density at radius 1 is 1.20 bits per heavy atom. The third-order valence-corrected chi connectivity index (χ3v) is 5.72. The normalized spacial score (nSPS) is 14.7. The molecule has 0 heterocycles. The van der Waals surface area contributed by atoms with Crippen molar-refractivity contribution in [1.29, 1.82) is 0 Å². The largest absolute Gasteiger partial charge is 0.308 e. The third kappa shape index (κ3) is 3.01. The van der Waals surface area contributed by atoms with E-state index in [1.165, 1.54) is 0 Å². The molecule has 0 saturated heterocycles. The van der Waals surface area contributed by atoms with Crippen LogP contribution in [0.2, 0.25) is 0 Å². The minimum Gasteiger partial charge on any atom is -0.308 e. The second-order valence-corrected chi connectivity index (χ2v) is 6.05. The summed E-state index contributed by atoms with van der Waals surface area (Å²) >= 11 is 6.17. The van der Waals surface area contributed by atoms with Crippen LogP contribution in [0.1, 0.15) is 13.8 Å². The highest BCUT2D eigenvalue weighted by Gasteiger charge is 2.16. The van der Waals surface area contributed by atoms with Crippen LogP contribution in [0.3, 0.4) is 0 Å². The number of hydrogen-bond acceptors (Lipinski definition) is 2. The van der Waals surface area contributed by atoms with Crippen molar-refractivity contribution < 1.29 is 0 Å². The van der Waals surface area contributed by atoms with Gasteiger partial charge in [-0.2, -0.15) is 0 Å². The van der Waals surface area contributed by atoms with Gasteiger partial charge in [-0.05, 0) is 27.2 Å². The average molecular weight is 181 g/mol. The van der Waals surface area contributed by atoms with E-state index >= 15 is 0 Å². The van der Waals surface area contributed by atoms with Gasteiger partial charge < -0.3 is 9.13 Å². The molecule has 0 amide bonds. The van der Waals surface area contributed by atoms with Gasteiger partial charge in [-0.25, -0.2) is 0 Å². The van der Waals surface area contributed by atoms with E-state index < -0.39 is 8.43 Å². The summed E-state index contributed by atoms with van der Waals surface area (Å²) in [6, 6.07) is 0. The first-order valence-electron chi connectivity index (χ1n) is 3.68. The lowest BCUT2D eigenvalue weighted by molar-refractivity contribution is 0.440. The smallest absolute Gasteiger partial charge is 0.291 e. The van der Waals surface area contributed by atoms with Crippen molar-refractivity contribution in [3.8, 4) is 0 Å². The SMILES string of the molecule is CCN(CC)[SiH](Cl)N(C)C. The summed E-state index contributed by atoms with van der Waals surface area (Å²) in [5, 5.41) is 0. The van der Waals surface area contributed by atoms with Crippen LogP contribution in [0.4, 0.5) is 0 Å². The molecule has 0 fully saturated rings. The first-order valence-corrected chi connectivity index (χ1v) is 6.45. The first kappa shape index (κ1) is 10.4. The maximum Gasteiger partial charge on any atom is 0.291 e. The lowest BCUT2D eigenvalue weighted by Crippen LogP contribution is -2.45. The van der Waals surface area contributed by atoms with Crippen molar-refractivity contribution in [2.45, 2.75) is 13.8 Å². The topological polar surface area (TPSA) is 6.48 Å². The molecule has 0 N–H and O–H groups in total. The van der Waals surface area contributed by atoms with Gasteiger partial charge in [0.05, 0.1) is 0 Å².